The lowest BCUT2D eigenvalue weighted by molar-refractivity contribution is 0.101. The van der Waals surface area contributed by atoms with Crippen LogP contribution >= 0.6 is 0 Å². The number of carbonyl (C=O) groups is 2. The molecule has 0 fully saturated rings. The molecule has 4 rings (SSSR count). The maximum absolute atomic E-state index is 12.7. The third-order valence-corrected chi connectivity index (χ3v) is 4.61. The number of anilines is 2. The molecule has 2 N–H and O–H groups in total. The van der Waals surface area contributed by atoms with E-state index in [2.05, 4.69) is 15.6 Å². The highest BCUT2D eigenvalue weighted by Crippen LogP contribution is 2.29. The number of Topliss-reactive ketones (excluding diaryl/α,β-unsaturated/α-hetero) is 1. The van der Waals surface area contributed by atoms with Crippen molar-refractivity contribution >= 4 is 29.0 Å². The van der Waals surface area contributed by atoms with Gasteiger partial charge in [0.05, 0.1) is 0 Å². The number of urea groups is 1. The van der Waals surface area contributed by atoms with E-state index in [1.807, 2.05) is 60.0 Å². The lowest BCUT2D eigenvalue weighted by Gasteiger charge is -2.10. The zero-order valence-electron chi connectivity index (χ0n) is 16.1. The molecule has 2 aromatic carbocycles. The Morgan fingerprint density at radius 1 is 0.931 bits per heavy atom. The van der Waals surface area contributed by atoms with Crippen molar-refractivity contribution in [2.24, 2.45) is 0 Å². The maximum atomic E-state index is 12.7. The molecule has 2 aromatic heterocycles. The van der Waals surface area contributed by atoms with Gasteiger partial charge in [-0.1, -0.05) is 48.0 Å². The molecule has 4 aromatic rings. The highest BCUT2D eigenvalue weighted by atomic mass is 16.2. The van der Waals surface area contributed by atoms with Crippen molar-refractivity contribution in [3.8, 4) is 11.3 Å². The van der Waals surface area contributed by atoms with Crippen LogP contribution in [0.5, 0.6) is 0 Å². The normalized spacial score (nSPS) is 10.7. The molecule has 0 saturated heterocycles. The van der Waals surface area contributed by atoms with E-state index in [-0.39, 0.29) is 5.78 Å². The fraction of sp³-hybridized carbons (Fsp3) is 0.0870. The number of hydrogen-bond donors (Lipinski definition) is 2. The average Bonchev–Trinajstić information content (AvgIpc) is 3.07. The molecule has 0 unspecified atom stereocenters. The minimum Gasteiger partial charge on any atom is -0.308 e. The third-order valence-electron chi connectivity index (χ3n) is 4.61. The van der Waals surface area contributed by atoms with Crippen LogP contribution in [0.15, 0.2) is 72.9 Å². The number of nitrogens with one attached hydrogen (secondary N) is 2. The van der Waals surface area contributed by atoms with E-state index in [0.29, 0.717) is 22.8 Å². The summed E-state index contributed by atoms with van der Waals surface area (Å²) >= 11 is 0. The van der Waals surface area contributed by atoms with Crippen molar-refractivity contribution < 1.29 is 9.59 Å². The molecule has 2 heterocycles. The smallest absolute Gasteiger partial charge is 0.308 e. The van der Waals surface area contributed by atoms with Gasteiger partial charge >= 0.3 is 6.03 Å². The van der Waals surface area contributed by atoms with Crippen LogP contribution in [-0.2, 0) is 0 Å². The van der Waals surface area contributed by atoms with Crippen LogP contribution in [0.25, 0.3) is 16.9 Å². The Kier molecular flexibility index (Phi) is 4.83. The van der Waals surface area contributed by atoms with Gasteiger partial charge in [0, 0.05) is 23.0 Å². The summed E-state index contributed by atoms with van der Waals surface area (Å²) in [5, 5.41) is 5.69. The Morgan fingerprint density at radius 2 is 1.72 bits per heavy atom. The van der Waals surface area contributed by atoms with Crippen molar-refractivity contribution in [3.05, 3.63) is 84.1 Å². The lowest BCUT2D eigenvalue weighted by Crippen LogP contribution is -2.21. The predicted molar refractivity (Wildman–Crippen MR) is 114 cm³/mol. The zero-order chi connectivity index (χ0) is 20.4. The number of aryl methyl sites for hydroxylation is 1. The highest BCUT2D eigenvalue weighted by molar-refractivity contribution is 6.03. The van der Waals surface area contributed by atoms with Gasteiger partial charge in [-0.15, -0.1) is 0 Å². The number of carbonyl (C=O) groups excluding carboxylic acids is 2. The molecule has 0 atom stereocenters. The Labute approximate surface area is 168 Å². The standard InChI is InChI=1S/C23H20N4O2/c1-15-9-11-17(12-10-15)21-22(27-13-4-3-8-20(27)25-21)26-23(29)24-19-7-5-6-18(14-19)16(2)28/h3-14H,1-2H3,(H2,24,26,29). The van der Waals surface area contributed by atoms with Crippen molar-refractivity contribution in [3.63, 3.8) is 0 Å². The maximum Gasteiger partial charge on any atom is 0.324 e. The number of benzene rings is 2. The summed E-state index contributed by atoms with van der Waals surface area (Å²) < 4.78 is 1.83. The molecular weight excluding hydrogens is 364 g/mol. The second kappa shape index (κ2) is 7.59. The van der Waals surface area contributed by atoms with Crippen LogP contribution in [0.3, 0.4) is 0 Å². The zero-order valence-corrected chi connectivity index (χ0v) is 16.1. The van der Waals surface area contributed by atoms with E-state index in [9.17, 15) is 9.59 Å². The first kappa shape index (κ1) is 18.4. The number of amides is 2. The first-order valence-electron chi connectivity index (χ1n) is 9.24. The largest absolute Gasteiger partial charge is 0.324 e. The Bertz CT molecular complexity index is 1210. The third kappa shape index (κ3) is 3.87. The fourth-order valence-corrected chi connectivity index (χ4v) is 3.11. The predicted octanol–water partition coefficient (Wildman–Crippen LogP) is 5.16. The van der Waals surface area contributed by atoms with Gasteiger partial charge in [0.15, 0.2) is 5.78 Å². The van der Waals surface area contributed by atoms with Crippen molar-refractivity contribution in [2.45, 2.75) is 13.8 Å². The molecule has 0 radical (unpaired) electrons. The number of aromatic nitrogens is 2. The molecular formula is C23H20N4O2. The number of nitrogens with zero attached hydrogens (tertiary/aromatic N) is 2. The summed E-state index contributed by atoms with van der Waals surface area (Å²) in [5.41, 5.74) is 4.56. The van der Waals surface area contributed by atoms with E-state index in [1.165, 1.54) is 6.92 Å². The van der Waals surface area contributed by atoms with Crippen LogP contribution in [0.1, 0.15) is 22.8 Å². The SMILES string of the molecule is CC(=O)c1cccc(NC(=O)Nc2c(-c3ccc(C)cc3)nc3ccccn23)c1. The van der Waals surface area contributed by atoms with Gasteiger partial charge in [-0.3, -0.25) is 14.5 Å². The monoisotopic (exact) mass is 384 g/mol. The van der Waals surface area contributed by atoms with Crippen LogP contribution in [0.2, 0.25) is 0 Å². The Hall–Kier alpha value is -3.93. The van der Waals surface area contributed by atoms with Gasteiger partial charge in [-0.05, 0) is 38.1 Å². The second-order valence-corrected chi connectivity index (χ2v) is 6.82. The number of rotatable bonds is 4. The van der Waals surface area contributed by atoms with Crippen molar-refractivity contribution in [1.82, 2.24) is 9.38 Å². The first-order chi connectivity index (χ1) is 14.0. The van der Waals surface area contributed by atoms with E-state index < -0.39 is 6.03 Å². The first-order valence-corrected chi connectivity index (χ1v) is 9.24. The summed E-state index contributed by atoms with van der Waals surface area (Å²) in [5.74, 6) is 0.516. The quantitative estimate of drug-likeness (QED) is 0.478. The molecule has 144 valence electrons. The molecule has 0 aliphatic rings. The van der Waals surface area contributed by atoms with E-state index >= 15 is 0 Å². The van der Waals surface area contributed by atoms with Crippen molar-refractivity contribution in [2.75, 3.05) is 10.6 Å². The number of imidazole rings is 1. The molecule has 0 aliphatic heterocycles. The average molecular weight is 384 g/mol. The van der Waals surface area contributed by atoms with Crippen LogP contribution < -0.4 is 10.6 Å². The van der Waals surface area contributed by atoms with Gasteiger partial charge in [0.1, 0.15) is 17.2 Å². The summed E-state index contributed by atoms with van der Waals surface area (Å²) in [6, 6.07) is 20.1. The van der Waals surface area contributed by atoms with E-state index in [0.717, 1.165) is 16.8 Å². The number of hydrogen-bond acceptors (Lipinski definition) is 3. The van der Waals surface area contributed by atoms with E-state index in [4.69, 9.17) is 0 Å². The minimum absolute atomic E-state index is 0.0579. The van der Waals surface area contributed by atoms with Gasteiger partial charge in [0.2, 0.25) is 0 Å². The fourth-order valence-electron chi connectivity index (χ4n) is 3.11. The summed E-state index contributed by atoms with van der Waals surface area (Å²) in [4.78, 5) is 29.0. The van der Waals surface area contributed by atoms with Gasteiger partial charge in [-0.25, -0.2) is 9.78 Å². The number of fused-ring (bicyclic) bond motifs is 1. The Balaban J connectivity index is 1.67. The molecule has 0 saturated carbocycles. The van der Waals surface area contributed by atoms with Gasteiger partial charge in [-0.2, -0.15) is 0 Å². The molecule has 0 aliphatic carbocycles. The molecule has 0 bridgehead atoms. The van der Waals surface area contributed by atoms with Crippen LogP contribution in [-0.4, -0.2) is 21.2 Å². The minimum atomic E-state index is -0.412. The summed E-state index contributed by atoms with van der Waals surface area (Å²) in [6.07, 6.45) is 1.85. The van der Waals surface area contributed by atoms with E-state index in [1.54, 1.807) is 24.3 Å². The number of ketones is 1. The second-order valence-electron chi connectivity index (χ2n) is 6.82. The molecule has 6 heteroatoms. The highest BCUT2D eigenvalue weighted by Gasteiger charge is 2.16. The van der Waals surface area contributed by atoms with Crippen LogP contribution in [0, 0.1) is 6.92 Å². The molecule has 29 heavy (non-hydrogen) atoms. The lowest BCUT2D eigenvalue weighted by atomic mass is 10.1. The topological polar surface area (TPSA) is 75.5 Å². The van der Waals surface area contributed by atoms with Gasteiger partial charge in [0.25, 0.3) is 0 Å². The van der Waals surface area contributed by atoms with Crippen LogP contribution in [0.4, 0.5) is 16.3 Å². The summed E-state index contributed by atoms with van der Waals surface area (Å²) in [7, 11) is 0. The Morgan fingerprint density at radius 3 is 2.48 bits per heavy atom. The van der Waals surface area contributed by atoms with Gasteiger partial charge < -0.3 is 5.32 Å². The number of pyridine rings is 1. The molecule has 6 nitrogen and oxygen atoms in total. The molecule has 2 amide bonds. The van der Waals surface area contributed by atoms with Crippen molar-refractivity contribution in [1.29, 1.82) is 0 Å². The molecule has 0 spiro atoms. The summed E-state index contributed by atoms with van der Waals surface area (Å²) in [6.45, 7) is 3.51.